The van der Waals surface area contributed by atoms with Gasteiger partial charge in [-0.15, -0.1) is 11.8 Å². The molecule has 0 amide bonds. The lowest BCUT2D eigenvalue weighted by atomic mass is 10.0. The van der Waals surface area contributed by atoms with Crippen molar-refractivity contribution in [3.8, 4) is 0 Å². The lowest BCUT2D eigenvalue weighted by molar-refractivity contribution is -0.193. The Labute approximate surface area is 128 Å². The van der Waals surface area contributed by atoms with Gasteiger partial charge in [0.05, 0.1) is 11.7 Å². The van der Waals surface area contributed by atoms with Gasteiger partial charge in [-0.3, -0.25) is 0 Å². The van der Waals surface area contributed by atoms with Crippen molar-refractivity contribution in [3.05, 3.63) is 35.9 Å². The number of esters is 1. The maximum Gasteiger partial charge on any atom is 0.338 e. The highest BCUT2D eigenvalue weighted by Gasteiger charge is 2.44. The van der Waals surface area contributed by atoms with Crippen LogP contribution in [0.25, 0.3) is 0 Å². The fraction of sp³-hybridized carbons (Fsp3) is 0.533. The molecule has 0 radical (unpaired) electrons. The van der Waals surface area contributed by atoms with Crippen LogP contribution in [-0.2, 0) is 9.47 Å². The molecule has 1 aliphatic heterocycles. The first-order valence-corrected chi connectivity index (χ1v) is 7.98. The van der Waals surface area contributed by atoms with Crippen LogP contribution in [0.15, 0.2) is 30.3 Å². The van der Waals surface area contributed by atoms with Crippen LogP contribution >= 0.6 is 11.8 Å². The molecular formula is C15H20O5S. The molecule has 5 atom stereocenters. The fourth-order valence-corrected chi connectivity index (χ4v) is 3.18. The fourth-order valence-electron chi connectivity index (χ4n) is 2.24. The Morgan fingerprint density at radius 3 is 2.57 bits per heavy atom. The normalized spacial score (nSPS) is 32.7. The first-order valence-electron chi connectivity index (χ1n) is 6.93. The summed E-state index contributed by atoms with van der Waals surface area (Å²) < 4.78 is 11.0. The van der Waals surface area contributed by atoms with Crippen LogP contribution in [0.1, 0.15) is 24.2 Å². The third-order valence-corrected chi connectivity index (χ3v) is 4.41. The van der Waals surface area contributed by atoms with Crippen molar-refractivity contribution in [2.75, 3.05) is 5.75 Å². The quantitative estimate of drug-likeness (QED) is 0.819. The van der Waals surface area contributed by atoms with Gasteiger partial charge in [-0.05, 0) is 24.8 Å². The predicted octanol–water partition coefficient (Wildman–Crippen LogP) is 1.43. The van der Waals surface area contributed by atoms with Crippen molar-refractivity contribution >= 4 is 17.7 Å². The molecule has 1 aromatic rings. The molecule has 1 saturated heterocycles. The number of benzene rings is 1. The summed E-state index contributed by atoms with van der Waals surface area (Å²) in [6.45, 7) is 3.67. The molecule has 2 N–H and O–H groups in total. The maximum atomic E-state index is 12.0. The second-order valence-electron chi connectivity index (χ2n) is 4.88. The number of hydrogen-bond donors (Lipinski definition) is 2. The zero-order valence-electron chi connectivity index (χ0n) is 12.0. The zero-order chi connectivity index (χ0) is 15.4. The number of carbonyl (C=O) groups is 1. The van der Waals surface area contributed by atoms with Gasteiger partial charge < -0.3 is 19.7 Å². The van der Waals surface area contributed by atoms with Gasteiger partial charge in [0.25, 0.3) is 0 Å². The molecule has 116 valence electrons. The van der Waals surface area contributed by atoms with E-state index in [2.05, 4.69) is 0 Å². The molecule has 1 fully saturated rings. The van der Waals surface area contributed by atoms with E-state index in [0.717, 1.165) is 5.75 Å². The van der Waals surface area contributed by atoms with Crippen LogP contribution < -0.4 is 0 Å². The molecule has 1 aromatic carbocycles. The van der Waals surface area contributed by atoms with E-state index in [1.165, 1.54) is 11.8 Å². The highest BCUT2D eigenvalue weighted by molar-refractivity contribution is 7.99. The average Bonchev–Trinajstić information content (AvgIpc) is 2.50. The standard InChI is InChI=1S/C15H20O5S/c1-3-21-15-12(17)11(16)13(9(2)19-15)20-14(18)10-7-5-4-6-8-10/h4-9,11-13,15-17H,3H2,1-2H3/t9-,11-,12+,13-,15-/m1/s1. The van der Waals surface area contributed by atoms with Gasteiger partial charge in [0.1, 0.15) is 17.6 Å². The Bertz CT molecular complexity index is 466. The number of ether oxygens (including phenoxy) is 2. The molecule has 0 spiro atoms. The Balaban J connectivity index is 2.05. The molecule has 2 rings (SSSR count). The van der Waals surface area contributed by atoms with Crippen LogP contribution in [-0.4, -0.2) is 51.8 Å². The zero-order valence-corrected chi connectivity index (χ0v) is 12.8. The largest absolute Gasteiger partial charge is 0.453 e. The smallest absolute Gasteiger partial charge is 0.338 e. The Kier molecular flexibility index (Phi) is 5.64. The van der Waals surface area contributed by atoms with E-state index in [0.29, 0.717) is 5.56 Å². The average molecular weight is 312 g/mol. The van der Waals surface area contributed by atoms with E-state index in [4.69, 9.17) is 9.47 Å². The number of carbonyl (C=O) groups excluding carboxylic acids is 1. The molecule has 0 aliphatic carbocycles. The summed E-state index contributed by atoms with van der Waals surface area (Å²) in [5.74, 6) is 0.221. The van der Waals surface area contributed by atoms with Crippen LogP contribution in [0.5, 0.6) is 0 Å². The Morgan fingerprint density at radius 1 is 1.29 bits per heavy atom. The second kappa shape index (κ2) is 7.26. The first-order chi connectivity index (χ1) is 10.0. The minimum atomic E-state index is -1.16. The van der Waals surface area contributed by atoms with Crippen molar-refractivity contribution < 1.29 is 24.5 Å². The number of thioether (sulfide) groups is 1. The molecule has 1 heterocycles. The third-order valence-electron chi connectivity index (χ3n) is 3.36. The lowest BCUT2D eigenvalue weighted by Gasteiger charge is -2.40. The van der Waals surface area contributed by atoms with Gasteiger partial charge in [-0.1, -0.05) is 25.1 Å². The van der Waals surface area contributed by atoms with Crippen molar-refractivity contribution in [3.63, 3.8) is 0 Å². The van der Waals surface area contributed by atoms with E-state index < -0.39 is 35.8 Å². The summed E-state index contributed by atoms with van der Waals surface area (Å²) in [6.07, 6.45) is -3.62. The first kappa shape index (κ1) is 16.3. The van der Waals surface area contributed by atoms with Crippen molar-refractivity contribution in [1.29, 1.82) is 0 Å². The molecule has 1 aliphatic rings. The van der Waals surface area contributed by atoms with Crippen LogP contribution in [0.3, 0.4) is 0 Å². The van der Waals surface area contributed by atoms with E-state index in [1.807, 2.05) is 6.92 Å². The lowest BCUT2D eigenvalue weighted by Crippen LogP contribution is -2.57. The van der Waals surface area contributed by atoms with Gasteiger partial charge in [0.15, 0.2) is 6.10 Å². The molecule has 5 nitrogen and oxygen atoms in total. The Morgan fingerprint density at radius 2 is 1.95 bits per heavy atom. The van der Waals surface area contributed by atoms with Crippen molar-refractivity contribution in [2.45, 2.75) is 43.7 Å². The molecule has 0 bridgehead atoms. The predicted molar refractivity (Wildman–Crippen MR) is 80.1 cm³/mol. The molecule has 21 heavy (non-hydrogen) atoms. The second-order valence-corrected chi connectivity index (χ2v) is 6.26. The van der Waals surface area contributed by atoms with E-state index in [1.54, 1.807) is 37.3 Å². The number of aliphatic hydroxyl groups is 2. The third kappa shape index (κ3) is 3.77. The minimum absolute atomic E-state index is 0.399. The summed E-state index contributed by atoms with van der Waals surface area (Å²) in [4.78, 5) is 12.0. The Hall–Kier alpha value is -1.08. The van der Waals surface area contributed by atoms with Crippen LogP contribution in [0.2, 0.25) is 0 Å². The van der Waals surface area contributed by atoms with E-state index >= 15 is 0 Å². The molecule has 0 unspecified atom stereocenters. The van der Waals surface area contributed by atoms with Crippen LogP contribution in [0, 0.1) is 0 Å². The monoisotopic (exact) mass is 312 g/mol. The van der Waals surface area contributed by atoms with Crippen LogP contribution in [0.4, 0.5) is 0 Å². The van der Waals surface area contributed by atoms with Gasteiger partial charge in [0.2, 0.25) is 0 Å². The molecule has 0 saturated carbocycles. The van der Waals surface area contributed by atoms with Gasteiger partial charge in [-0.25, -0.2) is 4.79 Å². The summed E-state index contributed by atoms with van der Waals surface area (Å²) in [5.41, 5.74) is -0.108. The number of rotatable bonds is 4. The highest BCUT2D eigenvalue weighted by Crippen LogP contribution is 2.30. The molecular weight excluding hydrogens is 292 g/mol. The summed E-state index contributed by atoms with van der Waals surface area (Å²) in [7, 11) is 0. The molecule has 6 heteroatoms. The number of hydrogen-bond acceptors (Lipinski definition) is 6. The van der Waals surface area contributed by atoms with Crippen molar-refractivity contribution in [2.24, 2.45) is 0 Å². The minimum Gasteiger partial charge on any atom is -0.453 e. The summed E-state index contributed by atoms with van der Waals surface area (Å²) >= 11 is 1.41. The van der Waals surface area contributed by atoms with E-state index in [9.17, 15) is 15.0 Å². The van der Waals surface area contributed by atoms with Gasteiger partial charge >= 0.3 is 5.97 Å². The SMILES string of the molecule is CCS[C@H]1O[C@H](C)[C@@H](OC(=O)c2ccccc2)[C@H](O)[C@@H]1O. The topological polar surface area (TPSA) is 76.0 Å². The van der Waals surface area contributed by atoms with Gasteiger partial charge in [0, 0.05) is 0 Å². The molecule has 0 aromatic heterocycles. The van der Waals surface area contributed by atoms with Gasteiger partial charge in [-0.2, -0.15) is 0 Å². The number of aliphatic hydroxyl groups excluding tert-OH is 2. The summed E-state index contributed by atoms with van der Waals surface area (Å²) in [5, 5.41) is 20.2. The maximum absolute atomic E-state index is 12.0. The summed E-state index contributed by atoms with van der Waals surface area (Å²) in [6, 6.07) is 8.53. The highest BCUT2D eigenvalue weighted by atomic mass is 32.2. The van der Waals surface area contributed by atoms with E-state index in [-0.39, 0.29) is 0 Å². The van der Waals surface area contributed by atoms with Crippen molar-refractivity contribution in [1.82, 2.24) is 0 Å².